The van der Waals surface area contributed by atoms with Crippen LogP contribution in [0, 0.1) is 0 Å². The SMILES string of the molecule is O=C(c1cccc(C(F)(F)F)c1)N1CCCN2C[C@H](Oc3cnc(C4CC4)cn3)C[C@H]2C1. The lowest BCUT2D eigenvalue weighted by Gasteiger charge is -2.25. The van der Waals surface area contributed by atoms with Gasteiger partial charge >= 0.3 is 6.18 Å². The highest BCUT2D eigenvalue weighted by Gasteiger charge is 2.38. The van der Waals surface area contributed by atoms with Crippen LogP contribution in [0.3, 0.4) is 0 Å². The number of benzene rings is 1. The molecule has 6 nitrogen and oxygen atoms in total. The second-order valence-electron chi connectivity index (χ2n) is 8.86. The molecule has 1 aromatic heterocycles. The van der Waals surface area contributed by atoms with E-state index < -0.39 is 11.7 Å². The molecule has 2 atom stereocenters. The van der Waals surface area contributed by atoms with E-state index in [2.05, 4.69) is 14.9 Å². The van der Waals surface area contributed by atoms with Gasteiger partial charge in [-0.25, -0.2) is 4.98 Å². The topological polar surface area (TPSA) is 58.6 Å². The number of ether oxygens (including phenoxy) is 1. The molecule has 170 valence electrons. The van der Waals surface area contributed by atoms with E-state index in [1.54, 1.807) is 17.3 Å². The van der Waals surface area contributed by atoms with Crippen molar-refractivity contribution in [3.8, 4) is 5.88 Å². The molecule has 3 fully saturated rings. The molecule has 3 heterocycles. The van der Waals surface area contributed by atoms with E-state index in [0.29, 0.717) is 24.9 Å². The molecule has 0 spiro atoms. The number of carbonyl (C=O) groups is 1. The van der Waals surface area contributed by atoms with Gasteiger partial charge < -0.3 is 9.64 Å². The fourth-order valence-corrected chi connectivity index (χ4v) is 4.64. The molecule has 5 rings (SSSR count). The van der Waals surface area contributed by atoms with E-state index in [4.69, 9.17) is 4.74 Å². The number of hydrogen-bond donors (Lipinski definition) is 0. The van der Waals surface area contributed by atoms with Crippen LogP contribution in [0.25, 0.3) is 0 Å². The van der Waals surface area contributed by atoms with E-state index in [-0.39, 0.29) is 23.6 Å². The zero-order valence-corrected chi connectivity index (χ0v) is 17.6. The average Bonchev–Trinajstić information content (AvgIpc) is 3.58. The third kappa shape index (κ3) is 4.57. The summed E-state index contributed by atoms with van der Waals surface area (Å²) in [5.74, 6) is 0.693. The first-order valence-corrected chi connectivity index (χ1v) is 11.1. The second-order valence-corrected chi connectivity index (χ2v) is 8.86. The van der Waals surface area contributed by atoms with Crippen molar-refractivity contribution in [2.24, 2.45) is 0 Å². The highest BCUT2D eigenvalue weighted by atomic mass is 19.4. The molecule has 0 N–H and O–H groups in total. The molecule has 2 saturated heterocycles. The molecule has 2 aromatic rings. The second kappa shape index (κ2) is 8.35. The number of nitrogens with zero attached hydrogens (tertiary/aromatic N) is 4. The summed E-state index contributed by atoms with van der Waals surface area (Å²) in [6.07, 6.45) is 2.79. The van der Waals surface area contributed by atoms with Crippen LogP contribution in [0.1, 0.15) is 53.2 Å². The van der Waals surface area contributed by atoms with E-state index in [1.165, 1.54) is 25.0 Å². The van der Waals surface area contributed by atoms with Crippen molar-refractivity contribution in [2.45, 2.75) is 49.9 Å². The van der Waals surface area contributed by atoms with Gasteiger partial charge in [-0.2, -0.15) is 13.2 Å². The minimum atomic E-state index is -4.47. The van der Waals surface area contributed by atoms with Crippen LogP contribution < -0.4 is 4.74 Å². The predicted molar refractivity (Wildman–Crippen MR) is 110 cm³/mol. The van der Waals surface area contributed by atoms with Gasteiger partial charge in [-0.05, 0) is 37.5 Å². The van der Waals surface area contributed by atoms with Gasteiger partial charge in [0, 0.05) is 50.1 Å². The summed E-state index contributed by atoms with van der Waals surface area (Å²) in [7, 11) is 0. The Balaban J connectivity index is 1.23. The number of rotatable bonds is 4. The first-order chi connectivity index (χ1) is 15.4. The van der Waals surface area contributed by atoms with Crippen molar-refractivity contribution >= 4 is 5.91 Å². The molecule has 9 heteroatoms. The van der Waals surface area contributed by atoms with E-state index in [0.717, 1.165) is 43.8 Å². The van der Waals surface area contributed by atoms with Crippen LogP contribution in [-0.4, -0.2) is 64.0 Å². The van der Waals surface area contributed by atoms with Gasteiger partial charge in [0.25, 0.3) is 5.91 Å². The van der Waals surface area contributed by atoms with Gasteiger partial charge in [-0.3, -0.25) is 14.7 Å². The molecule has 3 aliphatic rings. The van der Waals surface area contributed by atoms with Gasteiger partial charge in [0.1, 0.15) is 6.10 Å². The lowest BCUT2D eigenvalue weighted by atomic mass is 10.1. The first-order valence-electron chi connectivity index (χ1n) is 11.1. The number of amides is 1. The fourth-order valence-electron chi connectivity index (χ4n) is 4.64. The summed E-state index contributed by atoms with van der Waals surface area (Å²) in [6.45, 7) is 2.56. The van der Waals surface area contributed by atoms with E-state index in [9.17, 15) is 18.0 Å². The van der Waals surface area contributed by atoms with Gasteiger partial charge in [0.05, 0.1) is 23.7 Å². The Bertz CT molecular complexity index is 978. The molecule has 1 aliphatic carbocycles. The number of alkyl halides is 3. The van der Waals surface area contributed by atoms with E-state index in [1.807, 2.05) is 0 Å². The van der Waals surface area contributed by atoms with Gasteiger partial charge in [0.15, 0.2) is 0 Å². The van der Waals surface area contributed by atoms with Gasteiger partial charge in [-0.1, -0.05) is 6.07 Å². The maximum Gasteiger partial charge on any atom is 0.416 e. The number of fused-ring (bicyclic) bond motifs is 1. The van der Waals surface area contributed by atoms with Crippen LogP contribution in [-0.2, 0) is 6.18 Å². The summed E-state index contributed by atoms with van der Waals surface area (Å²) in [4.78, 5) is 25.8. The minimum absolute atomic E-state index is 0.0512. The molecular formula is C23H25F3N4O2. The van der Waals surface area contributed by atoms with Crippen molar-refractivity contribution in [1.29, 1.82) is 0 Å². The highest BCUT2D eigenvalue weighted by Crippen LogP contribution is 2.38. The molecule has 1 aromatic carbocycles. The summed E-state index contributed by atoms with van der Waals surface area (Å²) >= 11 is 0. The summed E-state index contributed by atoms with van der Waals surface area (Å²) in [5, 5.41) is 0. The maximum absolute atomic E-state index is 13.0. The van der Waals surface area contributed by atoms with Crippen LogP contribution in [0.2, 0.25) is 0 Å². The van der Waals surface area contributed by atoms with Crippen LogP contribution >= 0.6 is 0 Å². The average molecular weight is 446 g/mol. The number of aromatic nitrogens is 2. The van der Waals surface area contributed by atoms with Crippen molar-refractivity contribution < 1.29 is 22.7 Å². The Morgan fingerprint density at radius 1 is 1.09 bits per heavy atom. The smallest absolute Gasteiger partial charge is 0.416 e. The van der Waals surface area contributed by atoms with E-state index >= 15 is 0 Å². The standard InChI is InChI=1S/C23H25F3N4O2/c24-23(25,26)17-4-1-3-16(9-17)22(31)30-8-2-7-29-14-19(10-18(29)13-30)32-21-12-27-20(11-28-21)15-5-6-15/h1,3-4,9,11-12,15,18-19H,2,5-8,10,13-14H2/t18-,19+/m0/s1. The Kier molecular flexibility index (Phi) is 5.53. The largest absolute Gasteiger partial charge is 0.472 e. The third-order valence-electron chi connectivity index (χ3n) is 6.45. The Labute approximate surface area is 184 Å². The monoisotopic (exact) mass is 446 g/mol. The van der Waals surface area contributed by atoms with Crippen molar-refractivity contribution in [2.75, 3.05) is 26.2 Å². The van der Waals surface area contributed by atoms with Crippen LogP contribution in [0.5, 0.6) is 5.88 Å². The number of hydrogen-bond acceptors (Lipinski definition) is 5. The Morgan fingerprint density at radius 2 is 1.94 bits per heavy atom. The lowest BCUT2D eigenvalue weighted by Crippen LogP contribution is -2.39. The summed E-state index contributed by atoms with van der Waals surface area (Å²) in [5.41, 5.74) is 0.287. The predicted octanol–water partition coefficient (Wildman–Crippen LogP) is 3.74. The van der Waals surface area contributed by atoms with Gasteiger partial charge in [0.2, 0.25) is 5.88 Å². The van der Waals surface area contributed by atoms with Crippen LogP contribution in [0.4, 0.5) is 13.2 Å². The lowest BCUT2D eigenvalue weighted by molar-refractivity contribution is -0.137. The molecule has 1 amide bonds. The van der Waals surface area contributed by atoms with Crippen molar-refractivity contribution in [3.05, 3.63) is 53.5 Å². The normalized spacial score (nSPS) is 24.2. The number of carbonyl (C=O) groups excluding carboxylic acids is 1. The highest BCUT2D eigenvalue weighted by molar-refractivity contribution is 5.94. The van der Waals surface area contributed by atoms with Crippen molar-refractivity contribution in [1.82, 2.24) is 19.8 Å². The first kappa shape index (κ1) is 21.2. The minimum Gasteiger partial charge on any atom is -0.472 e. The number of halogens is 3. The quantitative estimate of drug-likeness (QED) is 0.716. The van der Waals surface area contributed by atoms with Gasteiger partial charge in [-0.15, -0.1) is 0 Å². The zero-order chi connectivity index (χ0) is 22.3. The molecule has 0 radical (unpaired) electrons. The summed E-state index contributed by atoms with van der Waals surface area (Å²) in [6, 6.07) is 4.77. The third-order valence-corrected chi connectivity index (χ3v) is 6.45. The molecule has 2 aliphatic heterocycles. The molecular weight excluding hydrogens is 421 g/mol. The molecule has 32 heavy (non-hydrogen) atoms. The molecule has 1 saturated carbocycles. The maximum atomic E-state index is 13.0. The molecule has 0 bridgehead atoms. The Hall–Kier alpha value is -2.68. The molecule has 0 unspecified atom stereocenters. The fraction of sp³-hybridized carbons (Fsp3) is 0.522. The zero-order valence-electron chi connectivity index (χ0n) is 17.6. The van der Waals surface area contributed by atoms with Crippen LogP contribution in [0.15, 0.2) is 36.7 Å². The Morgan fingerprint density at radius 3 is 2.66 bits per heavy atom. The van der Waals surface area contributed by atoms with Crippen molar-refractivity contribution in [3.63, 3.8) is 0 Å². The summed E-state index contributed by atoms with van der Waals surface area (Å²) < 4.78 is 45.2.